The van der Waals surface area contributed by atoms with E-state index in [2.05, 4.69) is 5.32 Å². The lowest BCUT2D eigenvalue weighted by molar-refractivity contribution is 0.0697. The van der Waals surface area contributed by atoms with Gasteiger partial charge in [-0.3, -0.25) is 4.79 Å². The van der Waals surface area contributed by atoms with Crippen molar-refractivity contribution in [2.45, 2.75) is 6.61 Å². The maximum Gasteiger partial charge on any atom is 0.335 e. The van der Waals surface area contributed by atoms with Crippen LogP contribution in [0.1, 0.15) is 26.3 Å². The molecule has 0 aliphatic rings. The van der Waals surface area contributed by atoms with Gasteiger partial charge in [-0.25, -0.2) is 4.79 Å². The van der Waals surface area contributed by atoms with E-state index in [9.17, 15) is 9.59 Å². The van der Waals surface area contributed by atoms with Crippen LogP contribution in [0.4, 0.5) is 5.69 Å². The Hall–Kier alpha value is -2.66. The topological polar surface area (TPSA) is 86.6 Å². The molecule has 20 heavy (non-hydrogen) atoms. The van der Waals surface area contributed by atoms with Crippen molar-refractivity contribution in [3.05, 3.63) is 65.2 Å². The Morgan fingerprint density at radius 2 is 1.65 bits per heavy atom. The quantitative estimate of drug-likeness (QED) is 0.795. The SMILES string of the molecule is O=C(O)c1cccc(C(=O)Nc2ccc(CO)cc2)c1. The van der Waals surface area contributed by atoms with Crippen LogP contribution in [0.25, 0.3) is 0 Å². The third-order valence-electron chi connectivity index (χ3n) is 2.77. The molecule has 0 unspecified atom stereocenters. The summed E-state index contributed by atoms with van der Waals surface area (Å²) in [4.78, 5) is 22.8. The van der Waals surface area contributed by atoms with Crippen molar-refractivity contribution in [1.29, 1.82) is 0 Å². The minimum Gasteiger partial charge on any atom is -0.478 e. The van der Waals surface area contributed by atoms with Crippen molar-refractivity contribution in [2.24, 2.45) is 0 Å². The molecule has 102 valence electrons. The molecule has 1 amide bonds. The minimum absolute atomic E-state index is 0.0606. The van der Waals surface area contributed by atoms with Crippen LogP contribution in [0.3, 0.4) is 0 Å². The maximum absolute atomic E-state index is 12.0. The molecule has 5 nitrogen and oxygen atoms in total. The highest BCUT2D eigenvalue weighted by molar-refractivity contribution is 6.05. The number of amides is 1. The first-order valence-corrected chi connectivity index (χ1v) is 5.94. The van der Waals surface area contributed by atoms with E-state index < -0.39 is 5.97 Å². The summed E-state index contributed by atoms with van der Waals surface area (Å²) in [6.45, 7) is -0.0606. The smallest absolute Gasteiger partial charge is 0.335 e. The van der Waals surface area contributed by atoms with Gasteiger partial charge in [0.1, 0.15) is 0 Å². The van der Waals surface area contributed by atoms with Gasteiger partial charge in [-0.15, -0.1) is 0 Å². The summed E-state index contributed by atoms with van der Waals surface area (Å²) in [6, 6.07) is 12.5. The van der Waals surface area contributed by atoms with Crippen LogP contribution in [-0.2, 0) is 6.61 Å². The average Bonchev–Trinajstić information content (AvgIpc) is 2.48. The summed E-state index contributed by atoms with van der Waals surface area (Å²) < 4.78 is 0. The molecular weight excluding hydrogens is 258 g/mol. The number of rotatable bonds is 4. The van der Waals surface area contributed by atoms with E-state index in [0.29, 0.717) is 5.69 Å². The molecule has 0 saturated carbocycles. The normalized spacial score (nSPS) is 10.1. The summed E-state index contributed by atoms with van der Waals surface area (Å²) in [7, 11) is 0. The number of hydrogen-bond acceptors (Lipinski definition) is 3. The number of carbonyl (C=O) groups is 2. The third kappa shape index (κ3) is 3.21. The van der Waals surface area contributed by atoms with Crippen LogP contribution >= 0.6 is 0 Å². The van der Waals surface area contributed by atoms with E-state index in [1.54, 1.807) is 30.3 Å². The van der Waals surface area contributed by atoms with Crippen LogP contribution in [0, 0.1) is 0 Å². The Labute approximate surface area is 115 Å². The summed E-state index contributed by atoms with van der Waals surface area (Å²) in [5.74, 6) is -1.46. The predicted octanol–water partition coefficient (Wildman–Crippen LogP) is 2.13. The molecule has 0 aromatic heterocycles. The molecule has 2 rings (SSSR count). The number of benzene rings is 2. The van der Waals surface area contributed by atoms with Crippen molar-refractivity contribution in [3.63, 3.8) is 0 Å². The number of anilines is 1. The minimum atomic E-state index is -1.08. The van der Waals surface area contributed by atoms with Crippen molar-refractivity contribution >= 4 is 17.6 Å². The lowest BCUT2D eigenvalue weighted by Crippen LogP contribution is -2.12. The van der Waals surface area contributed by atoms with Gasteiger partial charge in [-0.05, 0) is 35.9 Å². The zero-order valence-electron chi connectivity index (χ0n) is 10.5. The summed E-state index contributed by atoms with van der Waals surface area (Å²) in [5.41, 5.74) is 1.66. The largest absolute Gasteiger partial charge is 0.478 e. The van der Waals surface area contributed by atoms with Crippen LogP contribution < -0.4 is 5.32 Å². The molecule has 0 spiro atoms. The lowest BCUT2D eigenvalue weighted by atomic mass is 10.1. The molecule has 0 radical (unpaired) electrons. The second-order valence-corrected chi connectivity index (χ2v) is 4.20. The standard InChI is InChI=1S/C15H13NO4/c17-9-10-4-6-13(7-5-10)16-14(18)11-2-1-3-12(8-11)15(19)20/h1-8,17H,9H2,(H,16,18)(H,19,20). The molecule has 0 atom stereocenters. The molecule has 0 saturated heterocycles. The van der Waals surface area contributed by atoms with Gasteiger partial charge in [0.25, 0.3) is 5.91 Å². The van der Waals surface area contributed by atoms with Crippen molar-refractivity contribution in [1.82, 2.24) is 0 Å². The summed E-state index contributed by atoms with van der Waals surface area (Å²) >= 11 is 0. The second-order valence-electron chi connectivity index (χ2n) is 4.20. The fourth-order valence-electron chi connectivity index (χ4n) is 1.69. The van der Waals surface area contributed by atoms with Gasteiger partial charge < -0.3 is 15.5 Å². The molecule has 0 heterocycles. The lowest BCUT2D eigenvalue weighted by Gasteiger charge is -2.06. The first-order chi connectivity index (χ1) is 9.60. The van der Waals surface area contributed by atoms with Gasteiger partial charge in [0.15, 0.2) is 0 Å². The van der Waals surface area contributed by atoms with Crippen molar-refractivity contribution < 1.29 is 19.8 Å². The van der Waals surface area contributed by atoms with Crippen LogP contribution in [-0.4, -0.2) is 22.1 Å². The molecule has 5 heteroatoms. The zero-order valence-corrected chi connectivity index (χ0v) is 10.5. The summed E-state index contributed by atoms with van der Waals surface area (Å²) in [5, 5.41) is 20.5. The third-order valence-corrected chi connectivity index (χ3v) is 2.77. The Morgan fingerprint density at radius 1 is 1.00 bits per heavy atom. The van der Waals surface area contributed by atoms with E-state index in [-0.39, 0.29) is 23.6 Å². The number of nitrogens with one attached hydrogen (secondary N) is 1. The highest BCUT2D eigenvalue weighted by Crippen LogP contribution is 2.12. The number of aromatic carboxylic acids is 1. The van der Waals surface area contributed by atoms with Crippen LogP contribution in [0.2, 0.25) is 0 Å². The van der Waals surface area contributed by atoms with Gasteiger partial charge in [-0.1, -0.05) is 18.2 Å². The summed E-state index contributed by atoms with van der Waals surface area (Å²) in [6.07, 6.45) is 0. The molecule has 2 aromatic rings. The van der Waals surface area contributed by atoms with Crippen molar-refractivity contribution in [3.8, 4) is 0 Å². The van der Waals surface area contributed by atoms with E-state index in [1.807, 2.05) is 0 Å². The molecule has 0 fully saturated rings. The first-order valence-electron chi connectivity index (χ1n) is 5.94. The molecular formula is C15H13NO4. The van der Waals surface area contributed by atoms with Gasteiger partial charge in [0.05, 0.1) is 12.2 Å². The number of carboxylic acids is 1. The Balaban J connectivity index is 2.14. The maximum atomic E-state index is 12.0. The molecule has 0 aliphatic heterocycles. The molecule has 2 aromatic carbocycles. The van der Waals surface area contributed by atoms with Crippen LogP contribution in [0.5, 0.6) is 0 Å². The van der Waals surface area contributed by atoms with Crippen LogP contribution in [0.15, 0.2) is 48.5 Å². The van der Waals surface area contributed by atoms with E-state index in [1.165, 1.54) is 18.2 Å². The van der Waals surface area contributed by atoms with Gasteiger partial charge in [-0.2, -0.15) is 0 Å². The molecule has 0 aliphatic carbocycles. The van der Waals surface area contributed by atoms with Gasteiger partial charge in [0, 0.05) is 11.3 Å². The number of aliphatic hydroxyl groups is 1. The number of carbonyl (C=O) groups excluding carboxylic acids is 1. The highest BCUT2D eigenvalue weighted by Gasteiger charge is 2.09. The Kier molecular flexibility index (Phi) is 4.12. The number of hydrogen-bond donors (Lipinski definition) is 3. The highest BCUT2D eigenvalue weighted by atomic mass is 16.4. The van der Waals surface area contributed by atoms with Gasteiger partial charge >= 0.3 is 5.97 Å². The van der Waals surface area contributed by atoms with E-state index >= 15 is 0 Å². The van der Waals surface area contributed by atoms with Gasteiger partial charge in [0.2, 0.25) is 0 Å². The zero-order chi connectivity index (χ0) is 14.5. The Bertz CT molecular complexity index is 635. The predicted molar refractivity (Wildman–Crippen MR) is 73.7 cm³/mol. The second kappa shape index (κ2) is 5.99. The fourth-order valence-corrected chi connectivity index (χ4v) is 1.69. The van der Waals surface area contributed by atoms with E-state index in [4.69, 9.17) is 10.2 Å². The van der Waals surface area contributed by atoms with Crippen molar-refractivity contribution in [2.75, 3.05) is 5.32 Å². The average molecular weight is 271 g/mol. The molecule has 0 bridgehead atoms. The molecule has 3 N–H and O–H groups in total. The Morgan fingerprint density at radius 3 is 2.25 bits per heavy atom. The fraction of sp³-hybridized carbons (Fsp3) is 0.0667. The number of carboxylic acid groups (broad SMARTS) is 1. The first kappa shape index (κ1) is 13.8. The monoisotopic (exact) mass is 271 g/mol. The van der Waals surface area contributed by atoms with E-state index in [0.717, 1.165) is 5.56 Å². The number of aliphatic hydroxyl groups excluding tert-OH is 1.